The highest BCUT2D eigenvalue weighted by atomic mass is 35.5. The first kappa shape index (κ1) is 14.7. The summed E-state index contributed by atoms with van der Waals surface area (Å²) in [7, 11) is 1.38. The molecule has 0 aliphatic rings. The van der Waals surface area contributed by atoms with E-state index in [9.17, 15) is 4.79 Å². The van der Waals surface area contributed by atoms with Gasteiger partial charge >= 0.3 is 5.97 Å². The minimum atomic E-state index is -0.256. The van der Waals surface area contributed by atoms with Crippen molar-refractivity contribution >= 4 is 28.6 Å². The zero-order valence-electron chi connectivity index (χ0n) is 11.6. The van der Waals surface area contributed by atoms with Crippen LogP contribution in [0.5, 0.6) is 5.75 Å². The number of fused-ring (bicyclic) bond motifs is 1. The Morgan fingerprint density at radius 3 is 2.90 bits per heavy atom. The molecule has 0 N–H and O–H groups in total. The summed E-state index contributed by atoms with van der Waals surface area (Å²) in [5.74, 6) is 1.47. The topological polar surface area (TPSA) is 53.4 Å². The number of hydrogen-bond acceptors (Lipinski definition) is 4. The smallest absolute Gasteiger partial charge is 0.307 e. The summed E-state index contributed by atoms with van der Waals surface area (Å²) in [6.45, 7) is 2.99. The molecule has 0 fully saturated rings. The average Bonchev–Trinajstić information content (AvgIpc) is 2.84. The number of benzene rings is 1. The number of carbonyl (C=O) groups excluding carboxylic acids is 1. The van der Waals surface area contributed by atoms with Crippen LogP contribution in [0.15, 0.2) is 18.2 Å². The maximum Gasteiger partial charge on any atom is 0.307 e. The third kappa shape index (κ3) is 2.88. The number of alkyl halides is 1. The Balaban J connectivity index is 2.41. The number of aryl methyl sites for hydroxylation is 1. The maximum atomic E-state index is 11.3. The molecule has 1 aromatic carbocycles. The second-order valence-electron chi connectivity index (χ2n) is 4.20. The number of esters is 1. The lowest BCUT2D eigenvalue weighted by Gasteiger charge is -2.07. The van der Waals surface area contributed by atoms with Crippen LogP contribution in [0.25, 0.3) is 11.0 Å². The number of halogens is 1. The van der Waals surface area contributed by atoms with Gasteiger partial charge in [-0.3, -0.25) is 4.79 Å². The monoisotopic (exact) mass is 296 g/mol. The van der Waals surface area contributed by atoms with Gasteiger partial charge in [0, 0.05) is 6.54 Å². The molecule has 1 aromatic heterocycles. The molecule has 2 rings (SSSR count). The molecular formula is C14H17ClN2O3. The zero-order valence-corrected chi connectivity index (χ0v) is 12.3. The van der Waals surface area contributed by atoms with Gasteiger partial charge in [0.1, 0.15) is 17.1 Å². The van der Waals surface area contributed by atoms with Gasteiger partial charge in [0.05, 0.1) is 31.5 Å². The Labute approximate surface area is 122 Å². The van der Waals surface area contributed by atoms with E-state index in [0.29, 0.717) is 13.2 Å². The van der Waals surface area contributed by atoms with E-state index in [1.807, 2.05) is 29.7 Å². The van der Waals surface area contributed by atoms with Crippen molar-refractivity contribution in [1.29, 1.82) is 0 Å². The van der Waals surface area contributed by atoms with Crippen molar-refractivity contribution in [1.82, 2.24) is 9.55 Å². The number of ether oxygens (including phenoxy) is 2. The number of imidazole rings is 1. The van der Waals surface area contributed by atoms with Crippen LogP contribution in [0, 0.1) is 0 Å². The van der Waals surface area contributed by atoms with Crippen LogP contribution >= 0.6 is 11.6 Å². The molecule has 0 aliphatic carbocycles. The van der Waals surface area contributed by atoms with Crippen LogP contribution in [-0.2, 0) is 22.0 Å². The normalized spacial score (nSPS) is 10.8. The van der Waals surface area contributed by atoms with Gasteiger partial charge in [0.2, 0.25) is 0 Å². The van der Waals surface area contributed by atoms with E-state index in [-0.39, 0.29) is 18.3 Å². The molecule has 0 amide bonds. The first-order valence-electron chi connectivity index (χ1n) is 6.45. The van der Waals surface area contributed by atoms with Gasteiger partial charge in [0.25, 0.3) is 0 Å². The van der Waals surface area contributed by atoms with Crippen LogP contribution in [0.3, 0.4) is 0 Å². The van der Waals surface area contributed by atoms with Gasteiger partial charge in [-0.25, -0.2) is 4.98 Å². The summed E-state index contributed by atoms with van der Waals surface area (Å²) >= 11 is 5.94. The summed E-state index contributed by atoms with van der Waals surface area (Å²) in [5, 5.41) is 0. The molecule has 20 heavy (non-hydrogen) atoms. The average molecular weight is 297 g/mol. The number of rotatable bonds is 6. The van der Waals surface area contributed by atoms with E-state index in [0.717, 1.165) is 22.6 Å². The highest BCUT2D eigenvalue weighted by molar-refractivity contribution is 6.16. The fourth-order valence-corrected chi connectivity index (χ4v) is 2.30. The van der Waals surface area contributed by atoms with Gasteiger partial charge in [-0.1, -0.05) is 6.07 Å². The zero-order chi connectivity index (χ0) is 14.5. The Hall–Kier alpha value is -1.75. The third-order valence-electron chi connectivity index (χ3n) is 3.01. The molecule has 0 bridgehead atoms. The molecule has 0 atom stereocenters. The molecule has 0 unspecified atom stereocenters. The van der Waals surface area contributed by atoms with Crippen LogP contribution < -0.4 is 4.74 Å². The van der Waals surface area contributed by atoms with Gasteiger partial charge < -0.3 is 14.0 Å². The molecular weight excluding hydrogens is 280 g/mol. The lowest BCUT2D eigenvalue weighted by molar-refractivity contribution is -0.140. The Morgan fingerprint density at radius 1 is 1.45 bits per heavy atom. The molecule has 108 valence electrons. The first-order chi connectivity index (χ1) is 9.71. The van der Waals surface area contributed by atoms with Crippen LogP contribution in [0.2, 0.25) is 0 Å². The molecule has 0 radical (unpaired) electrons. The summed E-state index contributed by atoms with van der Waals surface area (Å²) in [6.07, 6.45) is 0.282. The number of methoxy groups -OCH3 is 1. The summed E-state index contributed by atoms with van der Waals surface area (Å²) in [4.78, 5) is 15.8. The van der Waals surface area contributed by atoms with E-state index in [1.165, 1.54) is 7.11 Å². The predicted molar refractivity (Wildman–Crippen MR) is 77.1 cm³/mol. The molecule has 0 saturated carbocycles. The van der Waals surface area contributed by atoms with E-state index in [4.69, 9.17) is 16.3 Å². The van der Waals surface area contributed by atoms with Crippen molar-refractivity contribution < 1.29 is 14.3 Å². The predicted octanol–water partition coefficient (Wildman–Crippen LogP) is 2.74. The highest BCUT2D eigenvalue weighted by Crippen LogP contribution is 2.27. The number of para-hydroxylation sites is 1. The van der Waals surface area contributed by atoms with Crippen molar-refractivity contribution in [3.05, 3.63) is 24.0 Å². The summed E-state index contributed by atoms with van der Waals surface area (Å²) in [5.41, 5.74) is 1.69. The van der Waals surface area contributed by atoms with Crippen LogP contribution in [0.1, 0.15) is 19.2 Å². The van der Waals surface area contributed by atoms with E-state index in [2.05, 4.69) is 9.72 Å². The third-order valence-corrected chi connectivity index (χ3v) is 3.25. The van der Waals surface area contributed by atoms with Crippen molar-refractivity contribution in [2.75, 3.05) is 13.7 Å². The minimum absolute atomic E-state index is 0.256. The Kier molecular flexibility index (Phi) is 4.84. The minimum Gasteiger partial charge on any atom is -0.492 e. The second-order valence-corrected chi connectivity index (χ2v) is 4.46. The lowest BCUT2D eigenvalue weighted by atomic mass is 10.3. The highest BCUT2D eigenvalue weighted by Gasteiger charge is 2.14. The van der Waals surface area contributed by atoms with Gasteiger partial charge in [0.15, 0.2) is 0 Å². The van der Waals surface area contributed by atoms with Crippen molar-refractivity contribution in [2.45, 2.75) is 25.8 Å². The first-order valence-corrected chi connectivity index (χ1v) is 6.98. The number of aromatic nitrogens is 2. The number of carbonyl (C=O) groups is 1. The lowest BCUT2D eigenvalue weighted by Crippen LogP contribution is -2.09. The standard InChI is InChI=1S/C14H17ClN2O3/c1-3-20-11-6-4-5-10-14(11)16-12(9-15)17(10)8-7-13(18)19-2/h4-6H,3,7-9H2,1-2H3. The molecule has 0 saturated heterocycles. The molecule has 6 heteroatoms. The second kappa shape index (κ2) is 6.61. The van der Waals surface area contributed by atoms with Gasteiger partial charge in [-0.05, 0) is 19.1 Å². The Morgan fingerprint density at radius 2 is 2.25 bits per heavy atom. The molecule has 0 spiro atoms. The summed E-state index contributed by atoms with van der Waals surface area (Å²) in [6, 6.07) is 5.72. The van der Waals surface area contributed by atoms with E-state index >= 15 is 0 Å². The van der Waals surface area contributed by atoms with Crippen molar-refractivity contribution in [3.63, 3.8) is 0 Å². The summed E-state index contributed by atoms with van der Waals surface area (Å²) < 4.78 is 12.2. The maximum absolute atomic E-state index is 11.3. The van der Waals surface area contributed by atoms with E-state index in [1.54, 1.807) is 0 Å². The Bertz CT molecular complexity index is 610. The number of nitrogens with zero attached hydrogens (tertiary/aromatic N) is 2. The van der Waals surface area contributed by atoms with Crippen LogP contribution in [-0.4, -0.2) is 29.2 Å². The SMILES string of the molecule is CCOc1cccc2c1nc(CCl)n2CCC(=O)OC. The van der Waals surface area contributed by atoms with Gasteiger partial charge in [-0.2, -0.15) is 0 Å². The molecule has 2 aromatic rings. The molecule has 5 nitrogen and oxygen atoms in total. The molecule has 1 heterocycles. The fraction of sp³-hybridized carbons (Fsp3) is 0.429. The quantitative estimate of drug-likeness (QED) is 0.607. The van der Waals surface area contributed by atoms with Crippen molar-refractivity contribution in [3.8, 4) is 5.75 Å². The number of hydrogen-bond donors (Lipinski definition) is 0. The van der Waals surface area contributed by atoms with E-state index < -0.39 is 0 Å². The largest absolute Gasteiger partial charge is 0.492 e. The van der Waals surface area contributed by atoms with Crippen molar-refractivity contribution in [2.24, 2.45) is 0 Å². The van der Waals surface area contributed by atoms with Crippen LogP contribution in [0.4, 0.5) is 0 Å². The fourth-order valence-electron chi connectivity index (χ4n) is 2.10. The van der Waals surface area contributed by atoms with Gasteiger partial charge in [-0.15, -0.1) is 11.6 Å². The molecule has 0 aliphatic heterocycles.